The largest absolute Gasteiger partial charge is 0.489 e. The van der Waals surface area contributed by atoms with Crippen molar-refractivity contribution in [2.75, 3.05) is 0 Å². The molecular weight excluding hydrogens is 295 g/mol. The summed E-state index contributed by atoms with van der Waals surface area (Å²) in [6, 6.07) is 11.2. The molecular formula is C16H12ClFO3. The molecule has 2 aromatic rings. The second-order valence-electron chi connectivity index (χ2n) is 4.23. The van der Waals surface area contributed by atoms with Crippen LogP contribution in [-0.2, 0) is 11.4 Å². The van der Waals surface area contributed by atoms with Gasteiger partial charge in [0.15, 0.2) is 0 Å². The molecule has 1 N–H and O–H groups in total. The van der Waals surface area contributed by atoms with E-state index in [-0.39, 0.29) is 6.61 Å². The molecule has 0 amide bonds. The maximum Gasteiger partial charge on any atom is 0.328 e. The number of aliphatic carboxylic acids is 1. The van der Waals surface area contributed by atoms with Crippen LogP contribution in [0.4, 0.5) is 4.39 Å². The second-order valence-corrected chi connectivity index (χ2v) is 4.64. The molecule has 0 fully saturated rings. The Morgan fingerprint density at radius 2 is 1.95 bits per heavy atom. The average molecular weight is 307 g/mol. The molecule has 0 unspecified atom stereocenters. The van der Waals surface area contributed by atoms with Crippen LogP contribution in [0, 0.1) is 5.82 Å². The molecule has 2 rings (SSSR count). The highest BCUT2D eigenvalue weighted by molar-refractivity contribution is 6.31. The van der Waals surface area contributed by atoms with Crippen molar-refractivity contribution < 1.29 is 19.0 Å². The first-order valence-electron chi connectivity index (χ1n) is 6.13. The normalized spacial score (nSPS) is 10.8. The van der Waals surface area contributed by atoms with Crippen LogP contribution in [0.1, 0.15) is 11.1 Å². The molecule has 0 saturated carbocycles. The molecule has 0 aliphatic rings. The summed E-state index contributed by atoms with van der Waals surface area (Å²) in [6.07, 6.45) is 2.52. The van der Waals surface area contributed by atoms with Crippen molar-refractivity contribution in [3.05, 3.63) is 70.5 Å². The monoisotopic (exact) mass is 306 g/mol. The third-order valence-corrected chi connectivity index (χ3v) is 3.10. The Balaban J connectivity index is 2.02. The molecule has 0 aromatic heterocycles. The summed E-state index contributed by atoms with van der Waals surface area (Å²) in [5.74, 6) is -0.880. The lowest BCUT2D eigenvalue weighted by Crippen LogP contribution is -1.99. The highest BCUT2D eigenvalue weighted by Gasteiger charge is 2.07. The Hall–Kier alpha value is -2.33. The third kappa shape index (κ3) is 4.33. The highest BCUT2D eigenvalue weighted by Crippen LogP contribution is 2.21. The molecule has 0 saturated heterocycles. The van der Waals surface area contributed by atoms with E-state index in [4.69, 9.17) is 21.4 Å². The van der Waals surface area contributed by atoms with Gasteiger partial charge in [0.2, 0.25) is 0 Å². The summed E-state index contributed by atoms with van der Waals surface area (Å²) in [6.45, 7) is 0.0236. The fourth-order valence-electron chi connectivity index (χ4n) is 1.67. The summed E-state index contributed by atoms with van der Waals surface area (Å²) in [5.41, 5.74) is 1.03. The Kier molecular flexibility index (Phi) is 4.95. The van der Waals surface area contributed by atoms with Gasteiger partial charge in [-0.25, -0.2) is 9.18 Å². The zero-order chi connectivity index (χ0) is 15.2. The van der Waals surface area contributed by atoms with Crippen molar-refractivity contribution in [3.63, 3.8) is 0 Å². The Bertz CT molecular complexity index is 645. The SMILES string of the molecule is O=C(O)/C=C/c1ccc(OCc2c(F)cccc2Cl)cc1. The molecule has 0 bridgehead atoms. The van der Waals surface area contributed by atoms with Crippen LogP contribution >= 0.6 is 11.6 Å². The van der Waals surface area contributed by atoms with Crippen molar-refractivity contribution in [1.29, 1.82) is 0 Å². The van der Waals surface area contributed by atoms with Gasteiger partial charge in [-0.2, -0.15) is 0 Å². The molecule has 0 aliphatic heterocycles. The predicted octanol–water partition coefficient (Wildman–Crippen LogP) is 4.16. The summed E-state index contributed by atoms with van der Waals surface area (Å²) < 4.78 is 19.0. The minimum absolute atomic E-state index is 0.0236. The fraction of sp³-hybridized carbons (Fsp3) is 0.0625. The van der Waals surface area contributed by atoms with Crippen molar-refractivity contribution in [2.45, 2.75) is 6.61 Å². The lowest BCUT2D eigenvalue weighted by molar-refractivity contribution is -0.131. The minimum Gasteiger partial charge on any atom is -0.489 e. The van der Waals surface area contributed by atoms with Crippen LogP contribution < -0.4 is 4.74 Å². The van der Waals surface area contributed by atoms with Gasteiger partial charge in [0.05, 0.1) is 5.02 Å². The minimum atomic E-state index is -1.01. The fourth-order valence-corrected chi connectivity index (χ4v) is 1.89. The zero-order valence-electron chi connectivity index (χ0n) is 10.9. The highest BCUT2D eigenvalue weighted by atomic mass is 35.5. The van der Waals surface area contributed by atoms with Crippen molar-refractivity contribution in [2.24, 2.45) is 0 Å². The number of ether oxygens (including phenoxy) is 1. The van der Waals surface area contributed by atoms with E-state index in [1.807, 2.05) is 0 Å². The average Bonchev–Trinajstić information content (AvgIpc) is 2.46. The Labute approximate surface area is 126 Å². The van der Waals surface area contributed by atoms with Gasteiger partial charge in [-0.15, -0.1) is 0 Å². The van der Waals surface area contributed by atoms with Gasteiger partial charge < -0.3 is 9.84 Å². The number of carboxylic acids is 1. The van der Waals surface area contributed by atoms with E-state index in [1.165, 1.54) is 18.2 Å². The number of benzene rings is 2. The summed E-state index contributed by atoms with van der Waals surface area (Å²) >= 11 is 5.91. The third-order valence-electron chi connectivity index (χ3n) is 2.74. The van der Waals surface area contributed by atoms with E-state index in [1.54, 1.807) is 30.3 Å². The van der Waals surface area contributed by atoms with Crippen LogP contribution in [-0.4, -0.2) is 11.1 Å². The number of hydrogen-bond donors (Lipinski definition) is 1. The van der Waals surface area contributed by atoms with Gasteiger partial charge >= 0.3 is 5.97 Å². The standard InChI is InChI=1S/C16H12ClFO3/c17-14-2-1-3-15(18)13(14)10-21-12-7-4-11(5-8-12)6-9-16(19)20/h1-9H,10H2,(H,19,20)/b9-6+. The quantitative estimate of drug-likeness (QED) is 0.844. The molecule has 3 nitrogen and oxygen atoms in total. The molecule has 0 heterocycles. The van der Waals surface area contributed by atoms with E-state index in [0.29, 0.717) is 16.3 Å². The van der Waals surface area contributed by atoms with Gasteiger partial charge in [0, 0.05) is 11.6 Å². The van der Waals surface area contributed by atoms with Gasteiger partial charge in [-0.05, 0) is 35.9 Å². The zero-order valence-corrected chi connectivity index (χ0v) is 11.7. The summed E-state index contributed by atoms with van der Waals surface area (Å²) in [5, 5.41) is 8.85. The van der Waals surface area contributed by atoms with E-state index in [2.05, 4.69) is 0 Å². The lowest BCUT2D eigenvalue weighted by atomic mass is 10.2. The number of rotatable bonds is 5. The van der Waals surface area contributed by atoms with E-state index < -0.39 is 11.8 Å². The number of hydrogen-bond acceptors (Lipinski definition) is 2. The maximum absolute atomic E-state index is 13.6. The van der Waals surface area contributed by atoms with Crippen molar-refractivity contribution >= 4 is 23.6 Å². The first kappa shape index (κ1) is 15.1. The van der Waals surface area contributed by atoms with Crippen LogP contribution in [0.2, 0.25) is 5.02 Å². The molecule has 108 valence electrons. The maximum atomic E-state index is 13.6. The number of carbonyl (C=O) groups is 1. The first-order valence-corrected chi connectivity index (χ1v) is 6.51. The molecule has 0 atom stereocenters. The molecule has 0 radical (unpaired) electrons. The van der Waals surface area contributed by atoms with Crippen LogP contribution in [0.15, 0.2) is 48.5 Å². The Morgan fingerprint density at radius 3 is 2.57 bits per heavy atom. The van der Waals surface area contributed by atoms with E-state index in [0.717, 1.165) is 11.6 Å². The summed E-state index contributed by atoms with van der Waals surface area (Å²) in [7, 11) is 0. The Morgan fingerprint density at radius 1 is 1.24 bits per heavy atom. The molecule has 2 aromatic carbocycles. The van der Waals surface area contributed by atoms with Gasteiger partial charge in [0.25, 0.3) is 0 Å². The van der Waals surface area contributed by atoms with Gasteiger partial charge in [0.1, 0.15) is 18.2 Å². The molecule has 0 aliphatic carbocycles. The first-order chi connectivity index (χ1) is 10.1. The van der Waals surface area contributed by atoms with Crippen LogP contribution in [0.25, 0.3) is 6.08 Å². The molecule has 5 heteroatoms. The van der Waals surface area contributed by atoms with Crippen molar-refractivity contribution in [1.82, 2.24) is 0 Å². The predicted molar refractivity (Wildman–Crippen MR) is 78.9 cm³/mol. The van der Waals surface area contributed by atoms with Crippen LogP contribution in [0.3, 0.4) is 0 Å². The van der Waals surface area contributed by atoms with E-state index in [9.17, 15) is 9.18 Å². The van der Waals surface area contributed by atoms with Crippen LogP contribution in [0.5, 0.6) is 5.75 Å². The number of halogens is 2. The number of carboxylic acid groups (broad SMARTS) is 1. The van der Waals surface area contributed by atoms with Gasteiger partial charge in [-0.1, -0.05) is 29.8 Å². The van der Waals surface area contributed by atoms with Gasteiger partial charge in [-0.3, -0.25) is 0 Å². The molecule has 0 spiro atoms. The van der Waals surface area contributed by atoms with E-state index >= 15 is 0 Å². The smallest absolute Gasteiger partial charge is 0.328 e. The molecule has 21 heavy (non-hydrogen) atoms. The second kappa shape index (κ2) is 6.90. The lowest BCUT2D eigenvalue weighted by Gasteiger charge is -2.08. The topological polar surface area (TPSA) is 46.5 Å². The van der Waals surface area contributed by atoms with Crippen molar-refractivity contribution in [3.8, 4) is 5.75 Å². The summed E-state index contributed by atoms with van der Waals surface area (Å²) in [4.78, 5) is 10.4.